The van der Waals surface area contributed by atoms with Gasteiger partial charge in [-0.15, -0.1) is 0 Å². The molecule has 2 atom stereocenters. The molecule has 0 bridgehead atoms. The van der Waals surface area contributed by atoms with Gasteiger partial charge in [-0.05, 0) is 62.1 Å². The van der Waals surface area contributed by atoms with E-state index in [1.165, 1.54) is 0 Å². The van der Waals surface area contributed by atoms with Gasteiger partial charge in [-0.2, -0.15) is 13.2 Å². The van der Waals surface area contributed by atoms with Crippen LogP contribution >= 0.6 is 0 Å². The second kappa shape index (κ2) is 14.1. The Hall–Kier alpha value is -3.47. The Morgan fingerprint density at radius 2 is 1.67 bits per heavy atom. The summed E-state index contributed by atoms with van der Waals surface area (Å²) in [5, 5.41) is 11.9. The van der Waals surface area contributed by atoms with E-state index in [-0.39, 0.29) is 23.8 Å². The Labute approximate surface area is 225 Å². The zero-order chi connectivity index (χ0) is 28.4. The van der Waals surface area contributed by atoms with Crippen LogP contribution in [0, 0.1) is 5.92 Å². The Morgan fingerprint density at radius 3 is 2.26 bits per heavy atom. The van der Waals surface area contributed by atoms with E-state index in [0.29, 0.717) is 31.5 Å². The molecule has 2 aliphatic rings. The first-order chi connectivity index (χ1) is 18.6. The van der Waals surface area contributed by atoms with Crippen LogP contribution < -0.4 is 16.2 Å². The number of nitrogens with one attached hydrogen (secondary N) is 1. The normalized spacial score (nSPS) is 21.8. The van der Waals surface area contributed by atoms with Gasteiger partial charge in [0.05, 0.1) is 6.04 Å². The van der Waals surface area contributed by atoms with Crippen molar-refractivity contribution >= 4 is 17.8 Å². The number of nitrogens with zero attached hydrogens (tertiary/aromatic N) is 2. The molecule has 1 saturated heterocycles. The summed E-state index contributed by atoms with van der Waals surface area (Å²) >= 11 is 0. The molecule has 8 nitrogen and oxygen atoms in total. The summed E-state index contributed by atoms with van der Waals surface area (Å²) in [4.78, 5) is 41.4. The molecule has 2 aromatic rings. The number of alkyl halides is 3. The summed E-state index contributed by atoms with van der Waals surface area (Å²) in [7, 11) is 0. The van der Waals surface area contributed by atoms with Crippen molar-refractivity contribution in [1.82, 2.24) is 15.2 Å². The second-order valence-corrected chi connectivity index (χ2v) is 10.1. The molecule has 2 fully saturated rings. The molecule has 4 rings (SSSR count). The smallest absolute Gasteiger partial charge is 0.430 e. The van der Waals surface area contributed by atoms with E-state index in [9.17, 15) is 22.8 Å². The van der Waals surface area contributed by atoms with Crippen LogP contribution in [0.4, 0.5) is 13.2 Å². The summed E-state index contributed by atoms with van der Waals surface area (Å²) in [6, 6.07) is 16.1. The standard InChI is InChI=1S/C26H34N4O2.C2HF3O2/c27-21-13-11-19(12-14-21)18-29-26(32)24-10-6-16-30(24)25(31)17-22(20-7-2-1-3-8-20)23-9-4-5-15-28-23;3-2(4,5)1(6)7/h1-5,7-9,15,19,21-22,24H,6,10-14,16-18,27H2,(H,29,32);(H,6,7)/t19?,21?,22-,24+;/m1./s1. The third-order valence-corrected chi connectivity index (χ3v) is 7.26. The number of quaternary nitrogens is 1. The number of likely N-dealkylation sites (tertiary alicyclic amines) is 1. The number of hydrogen-bond acceptors (Lipinski definition) is 5. The van der Waals surface area contributed by atoms with Crippen LogP contribution in [0.1, 0.15) is 62.1 Å². The molecule has 2 heterocycles. The van der Waals surface area contributed by atoms with Crippen LogP contribution in [0.5, 0.6) is 0 Å². The maximum atomic E-state index is 13.4. The largest absolute Gasteiger partial charge is 0.542 e. The molecule has 4 N–H and O–H groups in total. The van der Waals surface area contributed by atoms with Crippen molar-refractivity contribution in [3.8, 4) is 0 Å². The van der Waals surface area contributed by atoms with E-state index in [1.807, 2.05) is 48.5 Å². The topological polar surface area (TPSA) is 130 Å². The van der Waals surface area contributed by atoms with E-state index < -0.39 is 12.1 Å². The number of carboxylic acid groups (broad SMARTS) is 1. The molecule has 0 radical (unpaired) electrons. The predicted molar refractivity (Wildman–Crippen MR) is 135 cm³/mol. The number of rotatable bonds is 7. The Bertz CT molecular complexity index is 1040. The number of hydrogen-bond donors (Lipinski definition) is 2. The minimum atomic E-state index is -5.19. The van der Waals surface area contributed by atoms with Crippen LogP contribution in [0.25, 0.3) is 0 Å². The molecule has 212 valence electrons. The number of aromatic nitrogens is 1. The lowest BCUT2D eigenvalue weighted by Gasteiger charge is -2.28. The summed E-state index contributed by atoms with van der Waals surface area (Å²) in [5.41, 5.74) is 6.10. The molecular weight excluding hydrogens is 513 g/mol. The lowest BCUT2D eigenvalue weighted by molar-refractivity contribution is -0.426. The Kier molecular flexibility index (Phi) is 10.8. The number of amides is 2. The van der Waals surface area contributed by atoms with Gasteiger partial charge < -0.3 is 25.9 Å². The minimum absolute atomic E-state index is 0.00157. The number of pyridine rings is 1. The monoisotopic (exact) mass is 548 g/mol. The molecule has 11 heteroatoms. The fraction of sp³-hybridized carbons (Fsp3) is 0.500. The molecule has 39 heavy (non-hydrogen) atoms. The first kappa shape index (κ1) is 30.1. The Balaban J connectivity index is 0.000000532. The lowest BCUT2D eigenvalue weighted by atomic mass is 9.86. The van der Waals surface area contributed by atoms with Gasteiger partial charge in [-0.3, -0.25) is 14.6 Å². The molecule has 1 saturated carbocycles. The average molecular weight is 549 g/mol. The summed E-state index contributed by atoms with van der Waals surface area (Å²) in [6.45, 7) is 1.36. The number of carbonyl (C=O) groups excluding carboxylic acids is 3. The Morgan fingerprint density at radius 1 is 1.03 bits per heavy atom. The van der Waals surface area contributed by atoms with Gasteiger partial charge in [0.25, 0.3) is 0 Å². The van der Waals surface area contributed by atoms with E-state index >= 15 is 0 Å². The molecule has 0 unspecified atom stereocenters. The fourth-order valence-corrected chi connectivity index (χ4v) is 5.09. The maximum Gasteiger partial charge on any atom is 0.430 e. The van der Waals surface area contributed by atoms with Crippen molar-refractivity contribution in [3.63, 3.8) is 0 Å². The number of carboxylic acids is 1. The third-order valence-electron chi connectivity index (χ3n) is 7.26. The van der Waals surface area contributed by atoms with Crippen LogP contribution in [-0.2, 0) is 14.4 Å². The number of aliphatic carboxylic acids is 1. The molecule has 1 aliphatic heterocycles. The van der Waals surface area contributed by atoms with Gasteiger partial charge in [0.2, 0.25) is 11.8 Å². The van der Waals surface area contributed by atoms with Crippen molar-refractivity contribution in [2.24, 2.45) is 5.92 Å². The number of benzene rings is 1. The highest BCUT2D eigenvalue weighted by atomic mass is 19.4. The summed E-state index contributed by atoms with van der Waals surface area (Å²) in [5.74, 6) is -2.56. The summed E-state index contributed by atoms with van der Waals surface area (Å²) < 4.78 is 31.5. The van der Waals surface area contributed by atoms with Crippen LogP contribution in [0.15, 0.2) is 54.7 Å². The van der Waals surface area contributed by atoms with Crippen molar-refractivity contribution in [2.75, 3.05) is 13.1 Å². The van der Waals surface area contributed by atoms with Crippen molar-refractivity contribution in [1.29, 1.82) is 0 Å². The van der Waals surface area contributed by atoms with Crippen LogP contribution in [0.3, 0.4) is 0 Å². The van der Waals surface area contributed by atoms with Gasteiger partial charge >= 0.3 is 6.18 Å². The zero-order valence-electron chi connectivity index (χ0n) is 21.7. The predicted octanol–water partition coefficient (Wildman–Crippen LogP) is 1.81. The minimum Gasteiger partial charge on any atom is -0.542 e. The van der Waals surface area contributed by atoms with Crippen molar-refractivity contribution < 1.29 is 38.4 Å². The van der Waals surface area contributed by atoms with Crippen molar-refractivity contribution in [3.05, 3.63) is 66.0 Å². The SMILES string of the molecule is O=C([O-])C(F)(F)F.[NH3+]C1CCC(CNC(=O)[C@@H]2CCCN2C(=O)C[C@H](c2ccccc2)c2ccccn2)CC1. The number of halogens is 3. The van der Waals surface area contributed by atoms with E-state index in [2.05, 4.69) is 16.0 Å². The van der Waals surface area contributed by atoms with Gasteiger partial charge in [-0.25, -0.2) is 0 Å². The highest BCUT2D eigenvalue weighted by Gasteiger charge is 2.35. The average Bonchev–Trinajstić information content (AvgIpc) is 3.42. The maximum absolute atomic E-state index is 13.4. The van der Waals surface area contributed by atoms with Gasteiger partial charge in [0.1, 0.15) is 12.0 Å². The lowest BCUT2D eigenvalue weighted by Crippen LogP contribution is -2.62. The summed E-state index contributed by atoms with van der Waals surface area (Å²) in [6.07, 6.45) is 3.04. The highest BCUT2D eigenvalue weighted by Crippen LogP contribution is 2.29. The molecule has 1 aromatic heterocycles. The van der Waals surface area contributed by atoms with Crippen LogP contribution in [0.2, 0.25) is 0 Å². The number of carbonyl (C=O) groups is 3. The van der Waals surface area contributed by atoms with Crippen molar-refractivity contribution in [2.45, 2.75) is 69.1 Å². The molecule has 1 aromatic carbocycles. The zero-order valence-corrected chi connectivity index (χ0v) is 21.7. The quantitative estimate of drug-likeness (QED) is 0.545. The molecule has 2 amide bonds. The first-order valence-corrected chi connectivity index (χ1v) is 13.2. The molecule has 0 spiro atoms. The fourth-order valence-electron chi connectivity index (χ4n) is 5.09. The van der Waals surface area contributed by atoms with Crippen LogP contribution in [-0.4, -0.2) is 59.0 Å². The van der Waals surface area contributed by atoms with Gasteiger partial charge in [-0.1, -0.05) is 36.4 Å². The van der Waals surface area contributed by atoms with E-state index in [1.54, 1.807) is 11.1 Å². The third kappa shape index (κ3) is 9.05. The van der Waals surface area contributed by atoms with Gasteiger partial charge in [0.15, 0.2) is 0 Å². The van der Waals surface area contributed by atoms with E-state index in [0.717, 1.165) is 49.8 Å². The molecular formula is C28H35F3N4O4. The highest BCUT2D eigenvalue weighted by molar-refractivity contribution is 5.88. The second-order valence-electron chi connectivity index (χ2n) is 10.1. The molecule has 1 aliphatic carbocycles. The van der Waals surface area contributed by atoms with Gasteiger partial charge in [0, 0.05) is 37.3 Å². The first-order valence-electron chi connectivity index (χ1n) is 13.2. The van der Waals surface area contributed by atoms with E-state index in [4.69, 9.17) is 9.90 Å².